The maximum absolute atomic E-state index is 13.4. The maximum atomic E-state index is 13.4. The molecule has 2 amide bonds. The first-order valence-corrected chi connectivity index (χ1v) is 12.3. The fraction of sp³-hybridized carbons (Fsp3) is 0.300. The molecule has 0 saturated carbocycles. The Bertz CT molecular complexity index is 1450. The summed E-state index contributed by atoms with van der Waals surface area (Å²) in [5.74, 6) is -0.0151. The quantitative estimate of drug-likeness (QED) is 0.310. The monoisotopic (exact) mass is 500 g/mol. The number of rotatable bonds is 6. The van der Waals surface area contributed by atoms with E-state index in [-0.39, 0.29) is 28.6 Å². The number of halogens is 1. The molecule has 0 saturated heterocycles. The summed E-state index contributed by atoms with van der Waals surface area (Å²) in [6.45, 7) is 12.3. The largest absolute Gasteiger partial charge is 0.347 e. The summed E-state index contributed by atoms with van der Waals surface area (Å²) >= 11 is 0. The first-order chi connectivity index (χ1) is 17.3. The lowest BCUT2D eigenvalue weighted by Crippen LogP contribution is -2.45. The summed E-state index contributed by atoms with van der Waals surface area (Å²) in [7, 11) is 0. The van der Waals surface area contributed by atoms with E-state index in [2.05, 4.69) is 36.4 Å². The number of hydrogen-bond donors (Lipinski definition) is 2. The van der Waals surface area contributed by atoms with E-state index in [9.17, 15) is 14.0 Å². The van der Waals surface area contributed by atoms with Crippen LogP contribution in [0.1, 0.15) is 67.6 Å². The number of anilines is 1. The highest BCUT2D eigenvalue weighted by Gasteiger charge is 2.27. The number of aryl methyl sites for hydroxylation is 1. The molecule has 4 rings (SSSR count). The van der Waals surface area contributed by atoms with Crippen molar-refractivity contribution in [3.63, 3.8) is 0 Å². The SMILES string of the molecule is Cc1nc2ccc(C(=O)Nc3ccc(C(=O)NC(C)(C)CC(C)(C)C)cc3)cc2n1-c1ccc(F)cc1. The first-order valence-electron chi connectivity index (χ1n) is 12.3. The van der Waals surface area contributed by atoms with E-state index in [4.69, 9.17) is 0 Å². The average Bonchev–Trinajstić information content (AvgIpc) is 3.13. The minimum absolute atomic E-state index is 0.0867. The Morgan fingerprint density at radius 3 is 2.11 bits per heavy atom. The number of aromatic nitrogens is 2. The normalized spacial score (nSPS) is 12.0. The van der Waals surface area contributed by atoms with Crippen molar-refractivity contribution in [3.05, 3.63) is 89.5 Å². The van der Waals surface area contributed by atoms with E-state index in [0.717, 1.165) is 29.0 Å². The Kier molecular flexibility index (Phi) is 6.91. The molecule has 0 unspecified atom stereocenters. The van der Waals surface area contributed by atoms with Gasteiger partial charge in [0.05, 0.1) is 11.0 Å². The predicted octanol–water partition coefficient (Wildman–Crippen LogP) is 6.67. The number of carbonyl (C=O) groups excluding carboxylic acids is 2. The second-order valence-corrected chi connectivity index (χ2v) is 11.3. The van der Waals surface area contributed by atoms with Crippen LogP contribution in [-0.2, 0) is 0 Å². The number of amides is 2. The van der Waals surface area contributed by atoms with Gasteiger partial charge in [-0.1, -0.05) is 20.8 Å². The van der Waals surface area contributed by atoms with E-state index in [1.165, 1.54) is 12.1 Å². The van der Waals surface area contributed by atoms with Crippen LogP contribution < -0.4 is 10.6 Å². The molecule has 0 fully saturated rings. The number of nitrogens with zero attached hydrogens (tertiary/aromatic N) is 2. The van der Waals surface area contributed by atoms with Gasteiger partial charge in [0.2, 0.25) is 0 Å². The fourth-order valence-electron chi connectivity index (χ4n) is 4.91. The summed E-state index contributed by atoms with van der Waals surface area (Å²) in [4.78, 5) is 30.4. The third-order valence-corrected chi connectivity index (χ3v) is 6.00. The molecule has 7 heteroatoms. The van der Waals surface area contributed by atoms with Crippen molar-refractivity contribution in [2.24, 2.45) is 5.41 Å². The van der Waals surface area contributed by atoms with Crippen molar-refractivity contribution in [2.45, 2.75) is 53.5 Å². The minimum Gasteiger partial charge on any atom is -0.347 e. The van der Waals surface area contributed by atoms with Gasteiger partial charge in [-0.25, -0.2) is 9.37 Å². The maximum Gasteiger partial charge on any atom is 0.255 e. The van der Waals surface area contributed by atoms with Gasteiger partial charge in [-0.15, -0.1) is 0 Å². The zero-order valence-electron chi connectivity index (χ0n) is 22.1. The average molecular weight is 501 g/mol. The van der Waals surface area contributed by atoms with Crippen molar-refractivity contribution in [1.82, 2.24) is 14.9 Å². The predicted molar refractivity (Wildman–Crippen MR) is 146 cm³/mol. The molecule has 1 heterocycles. The lowest BCUT2D eigenvalue weighted by molar-refractivity contribution is 0.0891. The van der Waals surface area contributed by atoms with Gasteiger partial charge in [-0.3, -0.25) is 14.2 Å². The van der Waals surface area contributed by atoms with Crippen LogP contribution >= 0.6 is 0 Å². The molecular weight excluding hydrogens is 467 g/mol. The van der Waals surface area contributed by atoms with Crippen LogP contribution in [0.5, 0.6) is 0 Å². The second-order valence-electron chi connectivity index (χ2n) is 11.3. The van der Waals surface area contributed by atoms with Gasteiger partial charge < -0.3 is 10.6 Å². The third-order valence-electron chi connectivity index (χ3n) is 6.00. The molecule has 0 radical (unpaired) electrons. The van der Waals surface area contributed by atoms with Gasteiger partial charge in [-0.05, 0) is 99.3 Å². The van der Waals surface area contributed by atoms with Crippen LogP contribution in [0.3, 0.4) is 0 Å². The Hall–Kier alpha value is -4.00. The van der Waals surface area contributed by atoms with Crippen LogP contribution in [0.4, 0.5) is 10.1 Å². The smallest absolute Gasteiger partial charge is 0.255 e. The molecular formula is C30H33FN4O2. The number of carbonyl (C=O) groups is 2. The van der Waals surface area contributed by atoms with Crippen molar-refractivity contribution in [2.75, 3.05) is 5.32 Å². The fourth-order valence-corrected chi connectivity index (χ4v) is 4.91. The molecule has 2 N–H and O–H groups in total. The van der Waals surface area contributed by atoms with E-state index >= 15 is 0 Å². The zero-order chi connectivity index (χ0) is 27.0. The second kappa shape index (κ2) is 9.81. The lowest BCUT2D eigenvalue weighted by atomic mass is 9.81. The van der Waals surface area contributed by atoms with Gasteiger partial charge in [0.25, 0.3) is 11.8 Å². The van der Waals surface area contributed by atoms with Crippen LogP contribution in [0, 0.1) is 18.2 Å². The molecule has 0 atom stereocenters. The lowest BCUT2D eigenvalue weighted by Gasteiger charge is -2.33. The summed E-state index contributed by atoms with van der Waals surface area (Å²) in [6.07, 6.45) is 0.837. The van der Waals surface area contributed by atoms with Crippen molar-refractivity contribution >= 4 is 28.5 Å². The number of imidazole rings is 1. The molecule has 3 aromatic carbocycles. The molecule has 0 aliphatic rings. The summed E-state index contributed by atoms with van der Waals surface area (Å²) in [5, 5.41) is 5.99. The minimum atomic E-state index is -0.348. The summed E-state index contributed by atoms with van der Waals surface area (Å²) in [6, 6.07) is 18.3. The number of fused-ring (bicyclic) bond motifs is 1. The molecule has 1 aromatic heterocycles. The topological polar surface area (TPSA) is 76.0 Å². The third kappa shape index (κ3) is 6.23. The summed E-state index contributed by atoms with van der Waals surface area (Å²) < 4.78 is 15.3. The standard InChI is InChI=1S/C30H33FN4O2/c1-19-32-25-16-9-21(17-26(25)35(19)24-14-10-22(31)11-15-24)27(36)33-23-12-7-20(8-13-23)28(37)34-30(5,6)18-29(2,3)4/h7-17H,18H2,1-6H3,(H,33,36)(H,34,37). The molecule has 37 heavy (non-hydrogen) atoms. The van der Waals surface area contributed by atoms with Gasteiger partial charge in [0, 0.05) is 28.0 Å². The van der Waals surface area contributed by atoms with Gasteiger partial charge in [0.1, 0.15) is 11.6 Å². The van der Waals surface area contributed by atoms with Crippen molar-refractivity contribution in [1.29, 1.82) is 0 Å². The highest BCUT2D eigenvalue weighted by molar-refractivity contribution is 6.06. The van der Waals surface area contributed by atoms with Crippen molar-refractivity contribution in [3.8, 4) is 5.69 Å². The highest BCUT2D eigenvalue weighted by Crippen LogP contribution is 2.27. The van der Waals surface area contributed by atoms with Crippen LogP contribution in [0.2, 0.25) is 0 Å². The zero-order valence-corrected chi connectivity index (χ0v) is 22.1. The van der Waals surface area contributed by atoms with Gasteiger partial charge >= 0.3 is 0 Å². The van der Waals surface area contributed by atoms with Gasteiger partial charge in [-0.2, -0.15) is 0 Å². The first kappa shape index (κ1) is 26.1. The molecule has 0 spiro atoms. The van der Waals surface area contributed by atoms with Crippen LogP contribution in [-0.4, -0.2) is 26.9 Å². The van der Waals surface area contributed by atoms with Crippen LogP contribution in [0.15, 0.2) is 66.7 Å². The number of nitrogens with one attached hydrogen (secondary N) is 2. The van der Waals surface area contributed by atoms with E-state index in [0.29, 0.717) is 16.8 Å². The van der Waals surface area contributed by atoms with E-state index in [1.54, 1.807) is 54.6 Å². The van der Waals surface area contributed by atoms with E-state index < -0.39 is 0 Å². The Balaban J connectivity index is 1.50. The number of benzene rings is 3. The number of hydrogen-bond acceptors (Lipinski definition) is 3. The molecule has 0 bridgehead atoms. The molecule has 6 nitrogen and oxygen atoms in total. The summed E-state index contributed by atoms with van der Waals surface area (Å²) in [5.41, 5.74) is 3.56. The van der Waals surface area contributed by atoms with Gasteiger partial charge in [0.15, 0.2) is 0 Å². The van der Waals surface area contributed by atoms with Crippen LogP contribution in [0.25, 0.3) is 16.7 Å². The Morgan fingerprint density at radius 2 is 1.49 bits per heavy atom. The Morgan fingerprint density at radius 1 is 0.865 bits per heavy atom. The molecule has 4 aromatic rings. The molecule has 0 aliphatic heterocycles. The molecule has 192 valence electrons. The van der Waals surface area contributed by atoms with E-state index in [1.807, 2.05) is 25.3 Å². The highest BCUT2D eigenvalue weighted by atomic mass is 19.1. The Labute approximate surface area is 216 Å². The molecule has 0 aliphatic carbocycles. The van der Waals surface area contributed by atoms with Crippen molar-refractivity contribution < 1.29 is 14.0 Å².